The first-order valence-electron chi connectivity index (χ1n) is 9.25. The Bertz CT molecular complexity index is 1080. The van der Waals surface area contributed by atoms with E-state index in [1.54, 1.807) is 14.2 Å². The van der Waals surface area contributed by atoms with Crippen LogP contribution in [0.4, 0.5) is 0 Å². The van der Waals surface area contributed by atoms with Gasteiger partial charge in [-0.1, -0.05) is 24.3 Å². The largest absolute Gasteiger partial charge is 0.496 e. The molecule has 2 atom stereocenters. The van der Waals surface area contributed by atoms with E-state index in [0.29, 0.717) is 12.3 Å². The summed E-state index contributed by atoms with van der Waals surface area (Å²) in [5.41, 5.74) is 5.14. The van der Waals surface area contributed by atoms with Gasteiger partial charge in [0.15, 0.2) is 0 Å². The van der Waals surface area contributed by atoms with Crippen LogP contribution in [0, 0.1) is 0 Å². The minimum absolute atomic E-state index is 0.110. The predicted octanol–water partition coefficient (Wildman–Crippen LogP) is 4.34. The van der Waals surface area contributed by atoms with Crippen LogP contribution in [0.15, 0.2) is 30.5 Å². The van der Waals surface area contributed by atoms with Crippen molar-refractivity contribution >= 4 is 16.7 Å². The molecule has 0 saturated heterocycles. The molecule has 1 heterocycles. The Morgan fingerprint density at radius 2 is 1.67 bits per heavy atom. The minimum atomic E-state index is -0.292. The number of carbonyl (C=O) groups excluding carboxylic acids is 1. The highest BCUT2D eigenvalue weighted by Crippen LogP contribution is 2.63. The number of methoxy groups -OCH3 is 2. The maximum absolute atomic E-state index is 12.4. The molecule has 2 aliphatic carbocycles. The third-order valence-electron chi connectivity index (χ3n) is 5.93. The first-order chi connectivity index (χ1) is 13.2. The molecule has 0 fully saturated rings. The number of aromatic amines is 1. The number of hydrogen-bond acceptors (Lipinski definition) is 4. The van der Waals surface area contributed by atoms with Gasteiger partial charge < -0.3 is 19.2 Å². The van der Waals surface area contributed by atoms with Crippen LogP contribution in [-0.2, 0) is 4.74 Å². The fourth-order valence-corrected chi connectivity index (χ4v) is 5.05. The standard InChI is InChI=1S/C22H21NO4/c1-4-27-22(24)19-16-14-9-13(15(16)10-23-19)17-18(14)21(26-3)12-8-6-5-7-11(12)20(17)25-2/h5-8,10,13-14,23H,4,9H2,1-3H3/t13-,14+/m1/s1. The number of carbonyl (C=O) groups is 1. The van der Waals surface area contributed by atoms with Crippen molar-refractivity contribution in [2.45, 2.75) is 25.2 Å². The molecule has 0 amide bonds. The Hall–Kier alpha value is -2.95. The lowest BCUT2D eigenvalue weighted by Gasteiger charge is -2.24. The number of aromatic nitrogens is 1. The summed E-state index contributed by atoms with van der Waals surface area (Å²) >= 11 is 0. The van der Waals surface area contributed by atoms with Crippen molar-refractivity contribution in [3.63, 3.8) is 0 Å². The van der Waals surface area contributed by atoms with E-state index in [1.165, 1.54) is 11.1 Å². The summed E-state index contributed by atoms with van der Waals surface area (Å²) in [5.74, 6) is 1.82. The number of rotatable bonds is 4. The first kappa shape index (κ1) is 16.2. The predicted molar refractivity (Wildman–Crippen MR) is 102 cm³/mol. The lowest BCUT2D eigenvalue weighted by Crippen LogP contribution is -2.12. The Balaban J connectivity index is 1.79. The van der Waals surface area contributed by atoms with Crippen LogP contribution in [-0.4, -0.2) is 31.8 Å². The summed E-state index contributed by atoms with van der Waals surface area (Å²) in [6, 6.07) is 8.17. The van der Waals surface area contributed by atoms with Crippen molar-refractivity contribution in [1.82, 2.24) is 4.98 Å². The zero-order valence-electron chi connectivity index (χ0n) is 15.6. The van der Waals surface area contributed by atoms with E-state index < -0.39 is 0 Å². The Kier molecular flexibility index (Phi) is 3.47. The second-order valence-corrected chi connectivity index (χ2v) is 7.03. The summed E-state index contributed by atoms with van der Waals surface area (Å²) < 4.78 is 17.0. The van der Waals surface area contributed by atoms with E-state index >= 15 is 0 Å². The van der Waals surface area contributed by atoms with Crippen LogP contribution in [0.5, 0.6) is 11.5 Å². The summed E-state index contributed by atoms with van der Waals surface area (Å²) in [5, 5.41) is 2.10. The second kappa shape index (κ2) is 5.78. The maximum atomic E-state index is 12.4. The van der Waals surface area contributed by atoms with Crippen LogP contribution >= 0.6 is 0 Å². The lowest BCUT2D eigenvalue weighted by atomic mass is 9.84. The van der Waals surface area contributed by atoms with Crippen molar-refractivity contribution in [2.24, 2.45) is 0 Å². The zero-order chi connectivity index (χ0) is 18.7. The molecule has 2 aromatic carbocycles. The van der Waals surface area contributed by atoms with Gasteiger partial charge in [-0.15, -0.1) is 0 Å². The molecule has 0 unspecified atom stereocenters. The number of hydrogen-bond donors (Lipinski definition) is 1. The number of esters is 1. The quantitative estimate of drug-likeness (QED) is 0.701. The molecule has 0 spiro atoms. The molecule has 0 radical (unpaired) electrons. The SMILES string of the molecule is CCOC(=O)c1[nH]cc2c1[C@@H]1C[C@H]2c2c1c(OC)c1ccccc1c2OC. The number of ether oxygens (including phenoxy) is 3. The molecular formula is C22H21NO4. The Labute approximate surface area is 157 Å². The number of benzene rings is 2. The third kappa shape index (κ3) is 1.97. The van der Waals surface area contributed by atoms with Gasteiger partial charge in [-0.2, -0.15) is 0 Å². The summed E-state index contributed by atoms with van der Waals surface area (Å²) in [4.78, 5) is 15.6. The third-order valence-corrected chi connectivity index (χ3v) is 5.93. The van der Waals surface area contributed by atoms with Gasteiger partial charge in [0.2, 0.25) is 0 Å². The van der Waals surface area contributed by atoms with Crippen molar-refractivity contribution < 1.29 is 19.0 Å². The van der Waals surface area contributed by atoms with E-state index in [0.717, 1.165) is 39.8 Å². The molecule has 1 N–H and O–H groups in total. The van der Waals surface area contributed by atoms with Gasteiger partial charge in [0, 0.05) is 39.9 Å². The fraction of sp³-hybridized carbons (Fsp3) is 0.318. The molecule has 5 rings (SSSR count). The average molecular weight is 363 g/mol. The fourth-order valence-electron chi connectivity index (χ4n) is 5.05. The topological polar surface area (TPSA) is 60.6 Å². The molecular weight excluding hydrogens is 342 g/mol. The van der Waals surface area contributed by atoms with Gasteiger partial charge in [-0.05, 0) is 24.5 Å². The van der Waals surface area contributed by atoms with E-state index in [1.807, 2.05) is 25.3 Å². The number of H-pyrrole nitrogens is 1. The molecule has 1 aromatic heterocycles. The van der Waals surface area contributed by atoms with Crippen LogP contribution in [0.1, 0.15) is 57.9 Å². The maximum Gasteiger partial charge on any atom is 0.355 e. The van der Waals surface area contributed by atoms with Crippen molar-refractivity contribution in [3.8, 4) is 11.5 Å². The van der Waals surface area contributed by atoms with Gasteiger partial charge in [0.05, 0.1) is 20.8 Å². The van der Waals surface area contributed by atoms with Crippen molar-refractivity contribution in [2.75, 3.05) is 20.8 Å². The van der Waals surface area contributed by atoms with Gasteiger partial charge in [-0.3, -0.25) is 0 Å². The highest BCUT2D eigenvalue weighted by atomic mass is 16.5. The highest BCUT2D eigenvalue weighted by molar-refractivity contribution is 5.99. The van der Waals surface area contributed by atoms with Crippen molar-refractivity contribution in [1.29, 1.82) is 0 Å². The monoisotopic (exact) mass is 363 g/mol. The Morgan fingerprint density at radius 3 is 2.26 bits per heavy atom. The highest BCUT2D eigenvalue weighted by Gasteiger charge is 2.49. The number of fused-ring (bicyclic) bond motifs is 9. The van der Waals surface area contributed by atoms with Crippen LogP contribution in [0.25, 0.3) is 10.8 Å². The van der Waals surface area contributed by atoms with Crippen molar-refractivity contribution in [3.05, 3.63) is 58.4 Å². The molecule has 0 saturated carbocycles. The second-order valence-electron chi connectivity index (χ2n) is 7.03. The summed E-state index contributed by atoms with van der Waals surface area (Å²) in [6.45, 7) is 2.18. The molecule has 5 nitrogen and oxygen atoms in total. The zero-order valence-corrected chi connectivity index (χ0v) is 15.6. The smallest absolute Gasteiger partial charge is 0.355 e. The van der Waals surface area contributed by atoms with E-state index in [4.69, 9.17) is 14.2 Å². The molecule has 138 valence electrons. The minimum Gasteiger partial charge on any atom is -0.496 e. The number of nitrogens with one attached hydrogen (secondary N) is 1. The molecule has 27 heavy (non-hydrogen) atoms. The van der Waals surface area contributed by atoms with Gasteiger partial charge in [0.1, 0.15) is 17.2 Å². The molecule has 3 aromatic rings. The van der Waals surface area contributed by atoms with E-state index in [2.05, 4.69) is 17.1 Å². The molecule has 0 aliphatic heterocycles. The van der Waals surface area contributed by atoms with Crippen LogP contribution in [0.3, 0.4) is 0 Å². The van der Waals surface area contributed by atoms with Gasteiger partial charge in [-0.25, -0.2) is 4.79 Å². The molecule has 5 heteroatoms. The van der Waals surface area contributed by atoms with E-state index in [-0.39, 0.29) is 17.8 Å². The van der Waals surface area contributed by atoms with E-state index in [9.17, 15) is 4.79 Å². The molecule has 2 bridgehead atoms. The van der Waals surface area contributed by atoms with Gasteiger partial charge >= 0.3 is 5.97 Å². The summed E-state index contributed by atoms with van der Waals surface area (Å²) in [7, 11) is 3.44. The Morgan fingerprint density at radius 1 is 1.04 bits per heavy atom. The summed E-state index contributed by atoms with van der Waals surface area (Å²) in [6.07, 6.45) is 2.89. The molecule has 2 aliphatic rings. The van der Waals surface area contributed by atoms with Gasteiger partial charge in [0.25, 0.3) is 0 Å². The normalized spacial score (nSPS) is 19.1. The average Bonchev–Trinajstić information content (AvgIpc) is 3.37. The van der Waals surface area contributed by atoms with Crippen LogP contribution < -0.4 is 9.47 Å². The lowest BCUT2D eigenvalue weighted by molar-refractivity contribution is 0.0518. The van der Waals surface area contributed by atoms with Crippen LogP contribution in [0.2, 0.25) is 0 Å². The first-order valence-corrected chi connectivity index (χ1v) is 9.25.